The van der Waals surface area contributed by atoms with Crippen LogP contribution in [0, 0.1) is 5.92 Å². The van der Waals surface area contributed by atoms with E-state index in [1.54, 1.807) is 6.20 Å². The average Bonchev–Trinajstić information content (AvgIpc) is 3.52. The fourth-order valence-electron chi connectivity index (χ4n) is 6.72. The Balaban J connectivity index is 1.11. The highest BCUT2D eigenvalue weighted by molar-refractivity contribution is 6.41. The van der Waals surface area contributed by atoms with Gasteiger partial charge in [-0.05, 0) is 74.1 Å². The van der Waals surface area contributed by atoms with Crippen molar-refractivity contribution >= 4 is 29.4 Å². The number of nitrogens with one attached hydrogen (secondary N) is 1. The van der Waals surface area contributed by atoms with E-state index in [1.165, 1.54) is 17.5 Å². The molecular weight excluding hydrogens is 436 g/mol. The minimum atomic E-state index is -0.542. The standard InChI is InChI=1S/C29H30N4O2/c34-26-24(20-10-11-20)32-29(12-2-1-3-13-29)33(26)15-5-6-19-8-9-21-17-28(18-22(21)16-19)23-7-4-14-30-25(23)31-27(28)35/h4-9,14,16,20H,1-3,10-13,15,17-18H2,(H,30,31,35). The van der Waals surface area contributed by atoms with Crippen molar-refractivity contribution in [3.8, 4) is 0 Å². The lowest BCUT2D eigenvalue weighted by atomic mass is 9.79. The van der Waals surface area contributed by atoms with Crippen LogP contribution in [0.5, 0.6) is 0 Å². The third-order valence-electron chi connectivity index (χ3n) is 8.72. The maximum Gasteiger partial charge on any atom is 0.270 e. The molecule has 7 rings (SSSR count). The Morgan fingerprint density at radius 2 is 1.89 bits per heavy atom. The van der Waals surface area contributed by atoms with Gasteiger partial charge in [-0.3, -0.25) is 14.6 Å². The third-order valence-corrected chi connectivity index (χ3v) is 8.72. The SMILES string of the molecule is O=C1C(C2CC2)=NC2(CCCCC2)N1CC=Cc1ccc2c(c1)CC1(C2)C(=O)Nc2ncccc21. The summed E-state index contributed by atoms with van der Waals surface area (Å²) in [5, 5.41) is 2.98. The first kappa shape index (κ1) is 21.0. The molecule has 1 unspecified atom stereocenters. The maximum absolute atomic E-state index is 13.2. The predicted octanol–water partition coefficient (Wildman–Crippen LogP) is 4.44. The summed E-state index contributed by atoms with van der Waals surface area (Å²) in [5.41, 5.74) is 4.56. The third kappa shape index (κ3) is 3.22. The van der Waals surface area contributed by atoms with Gasteiger partial charge in [0.25, 0.3) is 5.91 Å². The molecular formula is C29H30N4O2. The van der Waals surface area contributed by atoms with E-state index in [0.29, 0.717) is 31.1 Å². The number of carbonyl (C=O) groups is 2. The predicted molar refractivity (Wildman–Crippen MR) is 135 cm³/mol. The lowest BCUT2D eigenvalue weighted by molar-refractivity contribution is -0.128. The molecule has 2 aromatic rings. The minimum Gasteiger partial charge on any atom is -0.310 e. The molecule has 2 amide bonds. The van der Waals surface area contributed by atoms with Crippen molar-refractivity contribution in [3.05, 3.63) is 64.9 Å². The number of pyridine rings is 1. The average molecular weight is 467 g/mol. The number of rotatable bonds is 4. The van der Waals surface area contributed by atoms with Crippen LogP contribution in [0.25, 0.3) is 6.08 Å². The van der Waals surface area contributed by atoms with Gasteiger partial charge in [0.2, 0.25) is 5.91 Å². The van der Waals surface area contributed by atoms with Gasteiger partial charge in [0.15, 0.2) is 0 Å². The van der Waals surface area contributed by atoms with E-state index in [-0.39, 0.29) is 17.5 Å². The number of hydrogen-bond donors (Lipinski definition) is 1. The molecule has 6 nitrogen and oxygen atoms in total. The van der Waals surface area contributed by atoms with Crippen LogP contribution in [0.1, 0.15) is 67.2 Å². The second-order valence-electron chi connectivity index (χ2n) is 11.0. The zero-order valence-electron chi connectivity index (χ0n) is 19.9. The van der Waals surface area contributed by atoms with Crippen molar-refractivity contribution in [1.29, 1.82) is 0 Å². The molecule has 6 heteroatoms. The van der Waals surface area contributed by atoms with Crippen molar-refractivity contribution in [2.24, 2.45) is 10.9 Å². The Morgan fingerprint density at radius 3 is 2.71 bits per heavy atom. The fraction of sp³-hybridized carbons (Fsp3) is 0.448. The van der Waals surface area contributed by atoms with Crippen LogP contribution in [-0.2, 0) is 27.8 Å². The van der Waals surface area contributed by atoms with Crippen LogP contribution in [0.2, 0.25) is 0 Å². The molecule has 0 bridgehead atoms. The molecule has 1 atom stereocenters. The largest absolute Gasteiger partial charge is 0.310 e. The molecule has 3 heterocycles. The summed E-state index contributed by atoms with van der Waals surface area (Å²) in [4.78, 5) is 37.7. The Morgan fingerprint density at radius 1 is 1.06 bits per heavy atom. The van der Waals surface area contributed by atoms with Gasteiger partial charge in [0.1, 0.15) is 17.2 Å². The lowest BCUT2D eigenvalue weighted by Crippen LogP contribution is -2.48. The summed E-state index contributed by atoms with van der Waals surface area (Å²) in [6.07, 6.45) is 15.1. The maximum atomic E-state index is 13.2. The number of aliphatic imine (C=N–C) groups is 1. The number of anilines is 1. The molecule has 5 aliphatic rings. The zero-order valence-corrected chi connectivity index (χ0v) is 19.9. The van der Waals surface area contributed by atoms with E-state index in [4.69, 9.17) is 4.99 Å². The number of aromatic nitrogens is 1. The van der Waals surface area contributed by atoms with Crippen LogP contribution >= 0.6 is 0 Å². The quantitative estimate of drug-likeness (QED) is 0.724. The molecule has 1 N–H and O–H groups in total. The Hall–Kier alpha value is -3.28. The summed E-state index contributed by atoms with van der Waals surface area (Å²) in [6.45, 7) is 0.598. The molecule has 0 saturated heterocycles. The number of carbonyl (C=O) groups excluding carboxylic acids is 2. The van der Waals surface area contributed by atoms with Gasteiger partial charge in [0, 0.05) is 24.2 Å². The van der Waals surface area contributed by atoms with E-state index in [2.05, 4.69) is 40.7 Å². The van der Waals surface area contributed by atoms with Gasteiger partial charge < -0.3 is 10.2 Å². The van der Waals surface area contributed by atoms with Crippen LogP contribution in [0.15, 0.2) is 47.6 Å². The van der Waals surface area contributed by atoms with Gasteiger partial charge in [-0.2, -0.15) is 0 Å². The molecule has 1 aromatic carbocycles. The Labute approximate surface area is 205 Å². The van der Waals surface area contributed by atoms with Crippen molar-refractivity contribution in [2.75, 3.05) is 11.9 Å². The normalized spacial score (nSPS) is 26.5. The minimum absolute atomic E-state index is 0.0521. The van der Waals surface area contributed by atoms with Crippen LogP contribution < -0.4 is 5.32 Å². The van der Waals surface area contributed by atoms with E-state index < -0.39 is 5.41 Å². The molecule has 0 radical (unpaired) electrons. The number of hydrogen-bond acceptors (Lipinski definition) is 4. The molecule has 178 valence electrons. The fourth-order valence-corrected chi connectivity index (χ4v) is 6.72. The topological polar surface area (TPSA) is 74.7 Å². The Bertz CT molecular complexity index is 1300. The molecule has 2 fully saturated rings. The van der Waals surface area contributed by atoms with E-state index in [9.17, 15) is 9.59 Å². The number of nitrogens with zero attached hydrogens (tertiary/aromatic N) is 3. The molecule has 2 aliphatic heterocycles. The highest BCUT2D eigenvalue weighted by atomic mass is 16.2. The van der Waals surface area contributed by atoms with Gasteiger partial charge in [-0.1, -0.05) is 42.8 Å². The second-order valence-corrected chi connectivity index (χ2v) is 11.0. The monoisotopic (exact) mass is 466 g/mol. The molecule has 35 heavy (non-hydrogen) atoms. The van der Waals surface area contributed by atoms with Gasteiger partial charge in [-0.15, -0.1) is 0 Å². The van der Waals surface area contributed by atoms with Crippen molar-refractivity contribution < 1.29 is 9.59 Å². The molecule has 3 aliphatic carbocycles. The van der Waals surface area contributed by atoms with E-state index in [0.717, 1.165) is 55.4 Å². The van der Waals surface area contributed by atoms with Gasteiger partial charge >= 0.3 is 0 Å². The van der Waals surface area contributed by atoms with Crippen LogP contribution in [0.4, 0.5) is 5.82 Å². The highest BCUT2D eigenvalue weighted by Crippen LogP contribution is 2.47. The van der Waals surface area contributed by atoms with Crippen molar-refractivity contribution in [1.82, 2.24) is 9.88 Å². The summed E-state index contributed by atoms with van der Waals surface area (Å²) < 4.78 is 0. The molecule has 2 saturated carbocycles. The van der Waals surface area contributed by atoms with E-state index >= 15 is 0 Å². The first-order valence-electron chi connectivity index (χ1n) is 13.1. The molecule has 1 aromatic heterocycles. The van der Waals surface area contributed by atoms with Crippen molar-refractivity contribution in [3.63, 3.8) is 0 Å². The van der Waals surface area contributed by atoms with Crippen LogP contribution in [0.3, 0.4) is 0 Å². The first-order chi connectivity index (χ1) is 17.1. The molecule has 2 spiro atoms. The van der Waals surface area contributed by atoms with Gasteiger partial charge in [0.05, 0.1) is 5.41 Å². The van der Waals surface area contributed by atoms with E-state index in [1.807, 2.05) is 17.0 Å². The summed E-state index contributed by atoms with van der Waals surface area (Å²) in [6, 6.07) is 10.4. The van der Waals surface area contributed by atoms with Gasteiger partial charge in [-0.25, -0.2) is 4.98 Å². The van der Waals surface area contributed by atoms with Crippen LogP contribution in [-0.4, -0.2) is 39.6 Å². The number of benzene rings is 1. The van der Waals surface area contributed by atoms with Crippen molar-refractivity contribution in [2.45, 2.75) is 68.9 Å². The number of amides is 2. The number of fused-ring (bicyclic) bond motifs is 3. The summed E-state index contributed by atoms with van der Waals surface area (Å²) >= 11 is 0. The zero-order chi connectivity index (χ0) is 23.6. The summed E-state index contributed by atoms with van der Waals surface area (Å²) in [5.74, 6) is 1.31. The Kier molecular flexibility index (Phi) is 4.57. The highest BCUT2D eigenvalue weighted by Gasteiger charge is 2.51. The smallest absolute Gasteiger partial charge is 0.270 e. The second kappa shape index (κ2) is 7.61. The lowest BCUT2D eigenvalue weighted by Gasteiger charge is -2.38. The summed E-state index contributed by atoms with van der Waals surface area (Å²) in [7, 11) is 0. The first-order valence-corrected chi connectivity index (χ1v) is 13.1.